The first kappa shape index (κ1) is 21.9. The molecule has 156 valence electrons. The Bertz CT molecular complexity index is 1060. The molecule has 0 aliphatic heterocycles. The zero-order valence-electron chi connectivity index (χ0n) is 17.3. The number of carbonyl (C=O) groups is 2. The molecule has 0 atom stereocenters. The van der Waals surface area contributed by atoms with Crippen LogP contribution in [0.1, 0.15) is 17.0 Å². The van der Waals surface area contributed by atoms with Crippen LogP contribution in [-0.2, 0) is 11.2 Å². The van der Waals surface area contributed by atoms with Crippen LogP contribution in [-0.4, -0.2) is 39.9 Å². The summed E-state index contributed by atoms with van der Waals surface area (Å²) in [7, 11) is 3.42. The Morgan fingerprint density at radius 3 is 2.30 bits per heavy atom. The largest absolute Gasteiger partial charge is 0.339 e. The molecule has 2 aromatic carbocycles. The molecule has 0 saturated heterocycles. The average molecular weight is 443 g/mol. The first-order valence-electron chi connectivity index (χ1n) is 9.34. The monoisotopic (exact) mass is 442 g/mol. The zero-order valence-corrected chi connectivity index (χ0v) is 18.8. The van der Waals surface area contributed by atoms with Crippen molar-refractivity contribution in [3.8, 4) is 5.69 Å². The molecule has 0 fully saturated rings. The lowest BCUT2D eigenvalue weighted by molar-refractivity contribution is -0.115. The van der Waals surface area contributed by atoms with Crippen LogP contribution in [0.25, 0.3) is 5.69 Å². The van der Waals surface area contributed by atoms with E-state index in [1.54, 1.807) is 26.2 Å². The van der Waals surface area contributed by atoms with Gasteiger partial charge in [0.1, 0.15) is 0 Å². The summed E-state index contributed by atoms with van der Waals surface area (Å²) in [6.07, 6.45) is 0.223. The molecule has 0 bridgehead atoms. The number of halogens is 1. The van der Waals surface area contributed by atoms with Crippen LogP contribution in [0.3, 0.4) is 0 Å². The van der Waals surface area contributed by atoms with Crippen LogP contribution >= 0.6 is 23.4 Å². The van der Waals surface area contributed by atoms with Gasteiger partial charge in [-0.2, -0.15) is 5.10 Å². The predicted octanol–water partition coefficient (Wildman–Crippen LogP) is 5.10. The maximum atomic E-state index is 12.6. The Kier molecular flexibility index (Phi) is 6.84. The first-order chi connectivity index (χ1) is 14.2. The van der Waals surface area contributed by atoms with E-state index in [9.17, 15) is 9.59 Å². The fraction of sp³-hybridized carbons (Fsp3) is 0.227. The van der Waals surface area contributed by atoms with Gasteiger partial charge in [-0.25, -0.2) is 4.68 Å². The summed E-state index contributed by atoms with van der Waals surface area (Å²) in [6.45, 7) is 3.85. The van der Waals surface area contributed by atoms with E-state index in [1.165, 1.54) is 4.90 Å². The van der Waals surface area contributed by atoms with Crippen molar-refractivity contribution in [1.29, 1.82) is 0 Å². The van der Waals surface area contributed by atoms with Gasteiger partial charge in [0.25, 0.3) is 5.24 Å². The molecule has 3 aromatic rings. The Labute approximate surface area is 185 Å². The quantitative estimate of drug-likeness (QED) is 0.558. The summed E-state index contributed by atoms with van der Waals surface area (Å²) >= 11 is 7.11. The molecule has 1 heterocycles. The van der Waals surface area contributed by atoms with E-state index in [2.05, 4.69) is 10.4 Å². The van der Waals surface area contributed by atoms with Crippen LogP contribution in [0.4, 0.5) is 10.5 Å². The second-order valence-electron chi connectivity index (χ2n) is 7.05. The minimum absolute atomic E-state index is 0.0459. The normalized spacial score (nSPS) is 10.7. The van der Waals surface area contributed by atoms with E-state index in [4.69, 9.17) is 11.6 Å². The predicted molar refractivity (Wildman–Crippen MR) is 122 cm³/mol. The molecule has 0 radical (unpaired) electrons. The highest BCUT2D eigenvalue weighted by molar-refractivity contribution is 8.13. The smallest absolute Gasteiger partial charge is 0.285 e. The van der Waals surface area contributed by atoms with Crippen molar-refractivity contribution in [2.75, 3.05) is 19.4 Å². The van der Waals surface area contributed by atoms with Gasteiger partial charge >= 0.3 is 0 Å². The lowest BCUT2D eigenvalue weighted by Gasteiger charge is -2.10. The summed E-state index contributed by atoms with van der Waals surface area (Å²) in [5, 5.41) is 8.10. The highest BCUT2D eigenvalue weighted by atomic mass is 35.5. The van der Waals surface area contributed by atoms with Crippen LogP contribution in [0.2, 0.25) is 5.02 Å². The van der Waals surface area contributed by atoms with Gasteiger partial charge in [0, 0.05) is 41.0 Å². The minimum atomic E-state index is -0.123. The zero-order chi connectivity index (χ0) is 21.8. The number of rotatable bonds is 5. The maximum absolute atomic E-state index is 12.6. The number of carbonyl (C=O) groups excluding carboxylic acids is 2. The van der Waals surface area contributed by atoms with E-state index in [1.807, 2.05) is 54.9 Å². The van der Waals surface area contributed by atoms with E-state index < -0.39 is 0 Å². The van der Waals surface area contributed by atoms with E-state index in [0.29, 0.717) is 10.7 Å². The van der Waals surface area contributed by atoms with Crippen molar-refractivity contribution in [3.05, 3.63) is 70.5 Å². The molecule has 6 nitrogen and oxygen atoms in total. The summed E-state index contributed by atoms with van der Waals surface area (Å²) in [4.78, 5) is 26.7. The lowest BCUT2D eigenvalue weighted by atomic mass is 10.1. The molecule has 8 heteroatoms. The Hall–Kier alpha value is -2.77. The van der Waals surface area contributed by atoms with Crippen molar-refractivity contribution < 1.29 is 9.59 Å². The molecule has 30 heavy (non-hydrogen) atoms. The number of aromatic nitrogens is 2. The van der Waals surface area contributed by atoms with Gasteiger partial charge in [-0.15, -0.1) is 0 Å². The van der Waals surface area contributed by atoms with E-state index in [0.717, 1.165) is 39.3 Å². The number of hydrogen-bond acceptors (Lipinski definition) is 4. The Morgan fingerprint density at radius 1 is 1.07 bits per heavy atom. The van der Waals surface area contributed by atoms with Crippen LogP contribution < -0.4 is 5.32 Å². The fourth-order valence-corrected chi connectivity index (χ4v) is 3.71. The number of benzene rings is 2. The van der Waals surface area contributed by atoms with Gasteiger partial charge < -0.3 is 10.2 Å². The number of thioether (sulfide) groups is 1. The van der Waals surface area contributed by atoms with Crippen molar-refractivity contribution in [3.63, 3.8) is 0 Å². The molecule has 0 unspecified atom stereocenters. The van der Waals surface area contributed by atoms with Gasteiger partial charge in [-0.05, 0) is 74.1 Å². The SMILES string of the molecule is Cc1nn(-c2ccc(Cl)cc2)c(C)c1CC(=O)Nc1ccc(SC(=O)N(C)C)cc1. The standard InChI is InChI=1S/C22H23ClN4O2S/c1-14-20(15(2)27(25-14)18-9-5-16(23)6-10-18)13-21(28)24-17-7-11-19(12-8-17)30-22(29)26(3)4/h5-12H,13H2,1-4H3,(H,24,28). The second kappa shape index (κ2) is 9.36. The summed E-state index contributed by atoms with van der Waals surface area (Å²) in [5.74, 6) is -0.123. The minimum Gasteiger partial charge on any atom is -0.339 e. The maximum Gasteiger partial charge on any atom is 0.285 e. The van der Waals surface area contributed by atoms with E-state index >= 15 is 0 Å². The van der Waals surface area contributed by atoms with Crippen LogP contribution in [0, 0.1) is 13.8 Å². The molecule has 0 saturated carbocycles. The van der Waals surface area contributed by atoms with Crippen LogP contribution in [0.5, 0.6) is 0 Å². The molecule has 3 rings (SSSR count). The van der Waals surface area contributed by atoms with Gasteiger partial charge in [0.2, 0.25) is 5.91 Å². The molecule has 0 aliphatic rings. The molecule has 0 aliphatic carbocycles. The van der Waals surface area contributed by atoms with E-state index in [-0.39, 0.29) is 17.6 Å². The summed E-state index contributed by atoms with van der Waals surface area (Å²) in [5.41, 5.74) is 4.20. The summed E-state index contributed by atoms with van der Waals surface area (Å²) < 4.78 is 1.82. The topological polar surface area (TPSA) is 67.2 Å². The third kappa shape index (κ3) is 5.23. The van der Waals surface area contributed by atoms with Crippen LogP contribution in [0.15, 0.2) is 53.4 Å². The van der Waals surface area contributed by atoms with Crippen molar-refractivity contribution in [2.24, 2.45) is 0 Å². The van der Waals surface area contributed by atoms with Crippen molar-refractivity contribution in [1.82, 2.24) is 14.7 Å². The number of hydrogen-bond donors (Lipinski definition) is 1. The molecule has 2 amide bonds. The Morgan fingerprint density at radius 2 is 1.70 bits per heavy atom. The third-order valence-corrected chi connectivity index (χ3v) is 5.86. The van der Waals surface area contributed by atoms with Crippen molar-refractivity contribution >= 4 is 40.2 Å². The molecule has 1 N–H and O–H groups in total. The number of anilines is 1. The average Bonchev–Trinajstić information content (AvgIpc) is 2.98. The molecular weight excluding hydrogens is 420 g/mol. The van der Waals surface area contributed by atoms with Gasteiger partial charge in [-0.3, -0.25) is 9.59 Å². The summed E-state index contributed by atoms with van der Waals surface area (Å²) in [6, 6.07) is 14.6. The van der Waals surface area contributed by atoms with Crippen molar-refractivity contribution in [2.45, 2.75) is 25.2 Å². The number of nitrogens with one attached hydrogen (secondary N) is 1. The molecule has 0 spiro atoms. The molecule has 1 aromatic heterocycles. The molecular formula is C22H23ClN4O2S. The number of nitrogens with zero attached hydrogens (tertiary/aromatic N) is 3. The second-order valence-corrected chi connectivity index (χ2v) is 8.51. The highest BCUT2D eigenvalue weighted by Gasteiger charge is 2.16. The highest BCUT2D eigenvalue weighted by Crippen LogP contribution is 2.23. The number of aryl methyl sites for hydroxylation is 1. The fourth-order valence-electron chi connectivity index (χ4n) is 2.93. The lowest BCUT2D eigenvalue weighted by Crippen LogP contribution is -2.16. The number of amides is 2. The van der Waals surface area contributed by atoms with Gasteiger partial charge in [0.05, 0.1) is 17.8 Å². The van der Waals surface area contributed by atoms with Gasteiger partial charge in [0.15, 0.2) is 0 Å². The first-order valence-corrected chi connectivity index (χ1v) is 10.5. The third-order valence-electron chi connectivity index (χ3n) is 4.56. The Balaban J connectivity index is 1.68. The van der Waals surface area contributed by atoms with Gasteiger partial charge in [-0.1, -0.05) is 11.6 Å².